The lowest BCUT2D eigenvalue weighted by atomic mass is 10.1. The van der Waals surface area contributed by atoms with Gasteiger partial charge >= 0.3 is 0 Å². The molecule has 0 aliphatic carbocycles. The largest absolute Gasteiger partial charge is 0.0917 e. The summed E-state index contributed by atoms with van der Waals surface area (Å²) in [7, 11) is 0. The van der Waals surface area contributed by atoms with Gasteiger partial charge in [0.25, 0.3) is 0 Å². The van der Waals surface area contributed by atoms with Gasteiger partial charge in [0, 0.05) is 0 Å². The molecule has 0 nitrogen and oxygen atoms in total. The highest BCUT2D eigenvalue weighted by Crippen LogP contribution is 2.03. The van der Waals surface area contributed by atoms with Crippen LogP contribution in [0.25, 0.3) is 0 Å². The van der Waals surface area contributed by atoms with Gasteiger partial charge < -0.3 is 0 Å². The molecular weight excluding hydrogens is 192 g/mol. The van der Waals surface area contributed by atoms with E-state index in [-0.39, 0.29) is 0 Å². The van der Waals surface area contributed by atoms with Gasteiger partial charge in [0.05, 0.1) is 0 Å². The van der Waals surface area contributed by atoms with Crippen molar-refractivity contribution in [2.24, 2.45) is 0 Å². The molecule has 0 aliphatic rings. The second-order valence-electron chi connectivity index (χ2n) is 3.32. The van der Waals surface area contributed by atoms with Crippen LogP contribution in [0.3, 0.4) is 0 Å². The third kappa shape index (κ3) is 11.0. The molecular formula is C16H28. The molecule has 0 spiro atoms. The van der Waals surface area contributed by atoms with E-state index in [1.54, 1.807) is 0 Å². The van der Waals surface area contributed by atoms with Gasteiger partial charge in [0.15, 0.2) is 0 Å². The topological polar surface area (TPSA) is 0 Å². The average molecular weight is 220 g/mol. The van der Waals surface area contributed by atoms with Crippen LogP contribution in [0.2, 0.25) is 0 Å². The Morgan fingerprint density at radius 3 is 2.00 bits per heavy atom. The van der Waals surface area contributed by atoms with Gasteiger partial charge in [-0.1, -0.05) is 69.7 Å². The zero-order chi connectivity index (χ0) is 12.8. The van der Waals surface area contributed by atoms with E-state index in [4.69, 9.17) is 0 Å². The summed E-state index contributed by atoms with van der Waals surface area (Å²) >= 11 is 0. The van der Waals surface area contributed by atoms with E-state index in [9.17, 15) is 0 Å². The Labute approximate surface area is 102 Å². The SMILES string of the molecule is C/C=C/CC.CC.CCc1cccc(C)c1. The first-order valence-electron chi connectivity index (χ1n) is 6.41. The molecule has 1 aromatic carbocycles. The van der Waals surface area contributed by atoms with Crippen molar-refractivity contribution in [1.29, 1.82) is 0 Å². The monoisotopic (exact) mass is 220 g/mol. The van der Waals surface area contributed by atoms with Crippen LogP contribution in [0.15, 0.2) is 36.4 Å². The summed E-state index contributed by atoms with van der Waals surface area (Å²) in [6, 6.07) is 8.61. The van der Waals surface area contributed by atoms with E-state index < -0.39 is 0 Å². The number of hydrogen-bond acceptors (Lipinski definition) is 0. The van der Waals surface area contributed by atoms with Crippen LogP contribution in [0.4, 0.5) is 0 Å². The summed E-state index contributed by atoms with van der Waals surface area (Å²) in [5.74, 6) is 0. The van der Waals surface area contributed by atoms with Gasteiger partial charge in [-0.05, 0) is 32.3 Å². The number of hydrogen-bond donors (Lipinski definition) is 0. The Kier molecular flexibility index (Phi) is 15.1. The van der Waals surface area contributed by atoms with Crippen LogP contribution in [0.1, 0.15) is 52.2 Å². The molecule has 0 N–H and O–H groups in total. The van der Waals surface area contributed by atoms with Crippen LogP contribution in [-0.4, -0.2) is 0 Å². The quantitative estimate of drug-likeness (QED) is 0.573. The predicted molar refractivity (Wildman–Crippen MR) is 77.0 cm³/mol. The van der Waals surface area contributed by atoms with Crippen LogP contribution in [0.5, 0.6) is 0 Å². The molecule has 0 aromatic heterocycles. The van der Waals surface area contributed by atoms with E-state index in [0.717, 1.165) is 12.8 Å². The lowest BCUT2D eigenvalue weighted by molar-refractivity contribution is 1.13. The predicted octanol–water partition coefficient (Wildman–Crippen LogP) is 5.56. The fourth-order valence-electron chi connectivity index (χ4n) is 1.17. The third-order valence-corrected chi connectivity index (χ3v) is 1.96. The summed E-state index contributed by atoms with van der Waals surface area (Å²) in [6.07, 6.45) is 6.48. The van der Waals surface area contributed by atoms with E-state index >= 15 is 0 Å². The first kappa shape index (κ1) is 17.4. The molecule has 1 rings (SSSR count). The number of allylic oxidation sites excluding steroid dienone is 2. The smallest absolute Gasteiger partial charge is 0.0307 e. The van der Waals surface area contributed by atoms with Crippen molar-refractivity contribution in [3.63, 3.8) is 0 Å². The second kappa shape index (κ2) is 14.0. The average Bonchev–Trinajstić information content (AvgIpc) is 2.33. The Morgan fingerprint density at radius 2 is 1.75 bits per heavy atom. The van der Waals surface area contributed by atoms with E-state index in [1.807, 2.05) is 20.8 Å². The van der Waals surface area contributed by atoms with Gasteiger partial charge in [-0.15, -0.1) is 0 Å². The van der Waals surface area contributed by atoms with Gasteiger partial charge in [0.1, 0.15) is 0 Å². The van der Waals surface area contributed by atoms with Crippen LogP contribution < -0.4 is 0 Å². The second-order valence-corrected chi connectivity index (χ2v) is 3.32. The van der Waals surface area contributed by atoms with Crippen molar-refractivity contribution in [1.82, 2.24) is 0 Å². The van der Waals surface area contributed by atoms with Gasteiger partial charge in [-0.25, -0.2) is 0 Å². The van der Waals surface area contributed by atoms with Crippen molar-refractivity contribution in [3.05, 3.63) is 47.5 Å². The van der Waals surface area contributed by atoms with Crippen molar-refractivity contribution in [3.8, 4) is 0 Å². The minimum atomic E-state index is 1.14. The fraction of sp³-hybridized carbons (Fsp3) is 0.500. The molecule has 0 unspecified atom stereocenters. The summed E-state index contributed by atoms with van der Waals surface area (Å²) in [5.41, 5.74) is 2.78. The van der Waals surface area contributed by atoms with E-state index in [2.05, 4.69) is 57.2 Å². The number of rotatable bonds is 2. The number of benzene rings is 1. The van der Waals surface area contributed by atoms with Crippen molar-refractivity contribution < 1.29 is 0 Å². The zero-order valence-corrected chi connectivity index (χ0v) is 11.9. The molecule has 16 heavy (non-hydrogen) atoms. The Bertz CT molecular complexity index is 258. The standard InChI is InChI=1S/C9H12.C5H10.C2H6/c1-3-9-6-4-5-8(2)7-9;1-3-5-4-2;1-2/h4-7H,3H2,1-2H3;3,5H,4H2,1-2H3;1-2H3/b;5-3+;. The summed E-state index contributed by atoms with van der Waals surface area (Å²) < 4.78 is 0. The van der Waals surface area contributed by atoms with E-state index in [1.165, 1.54) is 11.1 Å². The van der Waals surface area contributed by atoms with Crippen LogP contribution >= 0.6 is 0 Å². The highest BCUT2D eigenvalue weighted by molar-refractivity contribution is 5.21. The fourth-order valence-corrected chi connectivity index (χ4v) is 1.17. The van der Waals surface area contributed by atoms with Gasteiger partial charge in [-0.2, -0.15) is 0 Å². The summed E-state index contributed by atoms with van der Waals surface area (Å²) in [4.78, 5) is 0. The highest BCUT2D eigenvalue weighted by Gasteiger charge is 1.85. The Balaban J connectivity index is 0. The number of aryl methyl sites for hydroxylation is 2. The molecule has 0 saturated carbocycles. The van der Waals surface area contributed by atoms with Crippen molar-refractivity contribution in [2.45, 2.75) is 54.4 Å². The molecule has 0 aliphatic heterocycles. The minimum Gasteiger partial charge on any atom is -0.0917 e. The molecule has 0 heteroatoms. The summed E-state index contributed by atoms with van der Waals surface area (Å²) in [6.45, 7) is 12.5. The molecule has 92 valence electrons. The Morgan fingerprint density at radius 1 is 1.12 bits per heavy atom. The third-order valence-electron chi connectivity index (χ3n) is 1.96. The van der Waals surface area contributed by atoms with Crippen molar-refractivity contribution in [2.75, 3.05) is 0 Å². The van der Waals surface area contributed by atoms with Gasteiger partial charge in [0.2, 0.25) is 0 Å². The first-order chi connectivity index (χ1) is 7.74. The molecule has 0 heterocycles. The maximum atomic E-state index is 2.22. The van der Waals surface area contributed by atoms with Crippen LogP contribution in [0, 0.1) is 6.92 Å². The maximum absolute atomic E-state index is 2.22. The molecule has 0 fully saturated rings. The molecule has 0 radical (unpaired) electrons. The maximum Gasteiger partial charge on any atom is -0.0307 e. The molecule has 0 amide bonds. The normalized spacial score (nSPS) is 8.88. The minimum absolute atomic E-state index is 1.14. The van der Waals surface area contributed by atoms with Gasteiger partial charge in [-0.3, -0.25) is 0 Å². The van der Waals surface area contributed by atoms with E-state index in [0.29, 0.717) is 0 Å². The molecule has 0 bridgehead atoms. The first-order valence-corrected chi connectivity index (χ1v) is 6.41. The molecule has 0 saturated heterocycles. The van der Waals surface area contributed by atoms with Crippen molar-refractivity contribution >= 4 is 0 Å². The lowest BCUT2D eigenvalue weighted by Gasteiger charge is -1.95. The summed E-state index contributed by atoms with van der Waals surface area (Å²) in [5, 5.41) is 0. The molecule has 1 aromatic rings. The Hall–Kier alpha value is -1.04. The zero-order valence-electron chi connectivity index (χ0n) is 11.9. The molecule has 0 atom stereocenters. The lowest BCUT2D eigenvalue weighted by Crippen LogP contribution is -1.78. The highest BCUT2D eigenvalue weighted by atomic mass is 13.9. The van der Waals surface area contributed by atoms with Crippen LogP contribution in [-0.2, 0) is 6.42 Å².